The molecule has 1 aromatic heterocycles. The van der Waals surface area contributed by atoms with Crippen molar-refractivity contribution in [3.8, 4) is 28.7 Å². The lowest BCUT2D eigenvalue weighted by atomic mass is 10.00. The Labute approximate surface area is 200 Å². The number of methoxy groups -OCH3 is 2. The van der Waals surface area contributed by atoms with Gasteiger partial charge in [-0.25, -0.2) is 4.98 Å². The molecule has 0 radical (unpaired) electrons. The Balaban J connectivity index is 1.44. The van der Waals surface area contributed by atoms with E-state index in [9.17, 15) is 5.26 Å². The first-order valence-corrected chi connectivity index (χ1v) is 11.2. The smallest absolute Gasteiger partial charge is 0.144 e. The van der Waals surface area contributed by atoms with E-state index < -0.39 is 0 Å². The quantitative estimate of drug-likeness (QED) is 0.338. The zero-order valence-electron chi connectivity index (χ0n) is 19.4. The Morgan fingerprint density at radius 1 is 0.765 bits per heavy atom. The van der Waals surface area contributed by atoms with Crippen LogP contribution >= 0.6 is 0 Å². The fraction of sp³-hybridized carbons (Fsp3) is 0.172. The Hall–Kier alpha value is -4.30. The van der Waals surface area contributed by atoms with E-state index in [-0.39, 0.29) is 0 Å². The number of nitrogens with zero attached hydrogens (tertiary/aromatic N) is 2. The normalized spacial score (nSPS) is 10.4. The summed E-state index contributed by atoms with van der Waals surface area (Å²) in [6.07, 6.45) is 1.64. The van der Waals surface area contributed by atoms with Crippen molar-refractivity contribution in [2.24, 2.45) is 0 Å². The molecule has 1 heterocycles. The number of hydrogen-bond donors (Lipinski definition) is 1. The van der Waals surface area contributed by atoms with Crippen molar-refractivity contribution < 1.29 is 9.47 Å². The fourth-order valence-corrected chi connectivity index (χ4v) is 3.77. The molecule has 0 bridgehead atoms. The van der Waals surface area contributed by atoms with Crippen LogP contribution in [0.1, 0.15) is 22.4 Å². The van der Waals surface area contributed by atoms with Crippen LogP contribution in [0, 0.1) is 11.3 Å². The van der Waals surface area contributed by atoms with Crippen molar-refractivity contribution in [2.45, 2.75) is 19.4 Å². The number of nitrogens with one attached hydrogen (secondary N) is 1. The molecule has 3 aromatic carbocycles. The third-order valence-corrected chi connectivity index (χ3v) is 5.69. The number of anilines is 1. The van der Waals surface area contributed by atoms with E-state index in [1.54, 1.807) is 14.2 Å². The molecule has 0 amide bonds. The summed E-state index contributed by atoms with van der Waals surface area (Å²) in [6, 6.07) is 30.5. The van der Waals surface area contributed by atoms with Gasteiger partial charge >= 0.3 is 0 Å². The van der Waals surface area contributed by atoms with Gasteiger partial charge in [-0.1, -0.05) is 48.5 Å². The summed E-state index contributed by atoms with van der Waals surface area (Å²) >= 11 is 0. The molecular formula is C29H27N3O2. The zero-order chi connectivity index (χ0) is 23.8. The lowest BCUT2D eigenvalue weighted by molar-refractivity contribution is 0.414. The SMILES string of the molecule is COc1ccc(CNc2nc(CCc3cccc(-c4cccc(OC)c4)c3)ccc2C#N)cc1. The van der Waals surface area contributed by atoms with Crippen LogP contribution < -0.4 is 14.8 Å². The molecular weight excluding hydrogens is 422 g/mol. The molecule has 0 aliphatic heterocycles. The first kappa shape index (κ1) is 22.9. The van der Waals surface area contributed by atoms with Crippen LogP contribution in [-0.2, 0) is 19.4 Å². The fourth-order valence-electron chi connectivity index (χ4n) is 3.77. The van der Waals surface area contributed by atoms with Gasteiger partial charge in [0.25, 0.3) is 0 Å². The highest BCUT2D eigenvalue weighted by Crippen LogP contribution is 2.25. The van der Waals surface area contributed by atoms with Gasteiger partial charge in [0.2, 0.25) is 0 Å². The molecule has 34 heavy (non-hydrogen) atoms. The van der Waals surface area contributed by atoms with Gasteiger partial charge < -0.3 is 14.8 Å². The predicted octanol–water partition coefficient (Wildman–Crippen LogP) is 6.03. The van der Waals surface area contributed by atoms with Crippen molar-refractivity contribution in [1.82, 2.24) is 4.98 Å². The van der Waals surface area contributed by atoms with E-state index in [0.717, 1.165) is 46.7 Å². The lowest BCUT2D eigenvalue weighted by Crippen LogP contribution is -2.06. The Bertz CT molecular complexity index is 1290. The van der Waals surface area contributed by atoms with E-state index in [1.165, 1.54) is 5.56 Å². The van der Waals surface area contributed by atoms with Crippen molar-refractivity contribution in [3.63, 3.8) is 0 Å². The first-order chi connectivity index (χ1) is 16.7. The lowest BCUT2D eigenvalue weighted by Gasteiger charge is -2.11. The molecule has 0 saturated heterocycles. The van der Waals surface area contributed by atoms with Crippen LogP contribution in [0.15, 0.2) is 84.9 Å². The number of ether oxygens (including phenoxy) is 2. The van der Waals surface area contributed by atoms with Crippen LogP contribution in [-0.4, -0.2) is 19.2 Å². The summed E-state index contributed by atoms with van der Waals surface area (Å²) in [6.45, 7) is 0.581. The van der Waals surface area contributed by atoms with Crippen molar-refractivity contribution >= 4 is 5.82 Å². The van der Waals surface area contributed by atoms with Crippen LogP contribution in [0.4, 0.5) is 5.82 Å². The summed E-state index contributed by atoms with van der Waals surface area (Å²) in [5.74, 6) is 2.28. The summed E-state index contributed by atoms with van der Waals surface area (Å²) in [5.41, 5.74) is 6.10. The molecule has 1 N–H and O–H groups in total. The third-order valence-electron chi connectivity index (χ3n) is 5.69. The molecule has 0 aliphatic rings. The van der Waals surface area contributed by atoms with Gasteiger partial charge in [0, 0.05) is 12.2 Å². The predicted molar refractivity (Wildman–Crippen MR) is 135 cm³/mol. The van der Waals surface area contributed by atoms with E-state index >= 15 is 0 Å². The maximum atomic E-state index is 9.50. The number of aromatic nitrogens is 1. The monoisotopic (exact) mass is 449 g/mol. The summed E-state index contributed by atoms with van der Waals surface area (Å²) in [5, 5.41) is 12.8. The maximum absolute atomic E-state index is 9.50. The van der Waals surface area contributed by atoms with E-state index in [4.69, 9.17) is 14.5 Å². The van der Waals surface area contributed by atoms with E-state index in [1.807, 2.05) is 54.6 Å². The molecule has 4 aromatic rings. The molecule has 0 spiro atoms. The van der Waals surface area contributed by atoms with Crippen molar-refractivity contribution in [1.29, 1.82) is 5.26 Å². The van der Waals surface area contributed by atoms with Gasteiger partial charge in [0.1, 0.15) is 23.4 Å². The van der Waals surface area contributed by atoms with E-state index in [2.05, 4.69) is 41.7 Å². The molecule has 0 saturated carbocycles. The summed E-state index contributed by atoms with van der Waals surface area (Å²) < 4.78 is 10.6. The topological polar surface area (TPSA) is 67.2 Å². The number of nitriles is 1. The number of aryl methyl sites for hydroxylation is 2. The highest BCUT2D eigenvalue weighted by molar-refractivity contribution is 5.65. The second-order valence-electron chi connectivity index (χ2n) is 7.94. The van der Waals surface area contributed by atoms with Crippen LogP contribution in [0.2, 0.25) is 0 Å². The van der Waals surface area contributed by atoms with Gasteiger partial charge in [0.15, 0.2) is 0 Å². The largest absolute Gasteiger partial charge is 0.497 e. The summed E-state index contributed by atoms with van der Waals surface area (Å²) in [7, 11) is 3.33. The van der Waals surface area contributed by atoms with E-state index in [0.29, 0.717) is 17.9 Å². The molecule has 0 aliphatic carbocycles. The average molecular weight is 450 g/mol. The van der Waals surface area contributed by atoms with Gasteiger partial charge in [0.05, 0.1) is 19.8 Å². The molecule has 0 unspecified atom stereocenters. The average Bonchev–Trinajstić information content (AvgIpc) is 2.91. The minimum absolute atomic E-state index is 0.539. The third kappa shape index (κ3) is 5.73. The highest BCUT2D eigenvalue weighted by Gasteiger charge is 2.07. The van der Waals surface area contributed by atoms with Crippen LogP contribution in [0.5, 0.6) is 11.5 Å². The molecule has 5 nitrogen and oxygen atoms in total. The number of pyridine rings is 1. The number of hydrogen-bond acceptors (Lipinski definition) is 5. The Morgan fingerprint density at radius 3 is 2.24 bits per heavy atom. The highest BCUT2D eigenvalue weighted by atomic mass is 16.5. The molecule has 0 atom stereocenters. The molecule has 0 fully saturated rings. The van der Waals surface area contributed by atoms with Gasteiger partial charge in [-0.3, -0.25) is 0 Å². The second kappa shape index (κ2) is 11.0. The summed E-state index contributed by atoms with van der Waals surface area (Å²) in [4.78, 5) is 4.74. The van der Waals surface area contributed by atoms with Crippen molar-refractivity contribution in [3.05, 3.63) is 107 Å². The number of benzene rings is 3. The number of rotatable bonds is 9. The van der Waals surface area contributed by atoms with Gasteiger partial charge in [-0.05, 0) is 71.5 Å². The van der Waals surface area contributed by atoms with Crippen molar-refractivity contribution in [2.75, 3.05) is 19.5 Å². The Kier molecular flexibility index (Phi) is 7.42. The molecule has 4 rings (SSSR count). The van der Waals surface area contributed by atoms with Crippen LogP contribution in [0.25, 0.3) is 11.1 Å². The second-order valence-corrected chi connectivity index (χ2v) is 7.94. The van der Waals surface area contributed by atoms with Gasteiger partial charge in [-0.2, -0.15) is 5.26 Å². The van der Waals surface area contributed by atoms with Gasteiger partial charge in [-0.15, -0.1) is 0 Å². The minimum atomic E-state index is 0.539. The molecule has 5 heteroatoms. The first-order valence-electron chi connectivity index (χ1n) is 11.2. The molecule has 170 valence electrons. The Morgan fingerprint density at radius 2 is 1.50 bits per heavy atom. The zero-order valence-corrected chi connectivity index (χ0v) is 19.4. The minimum Gasteiger partial charge on any atom is -0.497 e. The standard InChI is InChI=1S/C29H27N3O2/c1-33-27-15-10-22(11-16-27)20-31-29-25(19-30)12-14-26(32-29)13-9-21-5-3-6-23(17-21)24-7-4-8-28(18-24)34-2/h3-8,10-12,14-18H,9,13,20H2,1-2H3,(H,31,32). The maximum Gasteiger partial charge on any atom is 0.144 e. The van der Waals surface area contributed by atoms with Crippen LogP contribution in [0.3, 0.4) is 0 Å².